The van der Waals surface area contributed by atoms with Crippen LogP contribution < -0.4 is 0 Å². The van der Waals surface area contributed by atoms with E-state index >= 15 is 0 Å². The molecule has 6 rings (SSSR count). The van der Waals surface area contributed by atoms with Gasteiger partial charge in [-0.3, -0.25) is 14.6 Å². The van der Waals surface area contributed by atoms with E-state index in [1.54, 1.807) is 11.1 Å². The van der Waals surface area contributed by atoms with E-state index in [0.717, 1.165) is 41.1 Å². The van der Waals surface area contributed by atoms with Gasteiger partial charge in [-0.25, -0.2) is 0 Å². The van der Waals surface area contributed by atoms with Crippen molar-refractivity contribution in [1.29, 1.82) is 0 Å². The largest absolute Gasteiger partial charge is 0.416 e. The predicted molar refractivity (Wildman–Crippen MR) is 185 cm³/mol. The first-order valence-electron chi connectivity index (χ1n) is 16.5. The Morgan fingerprint density at radius 1 is 0.750 bits per heavy atom. The van der Waals surface area contributed by atoms with Gasteiger partial charge in [0.2, 0.25) is 11.8 Å². The minimum Gasteiger partial charge on any atom is -0.336 e. The summed E-state index contributed by atoms with van der Waals surface area (Å²) in [7, 11) is 0. The molecule has 52 heavy (non-hydrogen) atoms. The first-order valence-corrected chi connectivity index (χ1v) is 16.5. The highest BCUT2D eigenvalue weighted by Gasteiger charge is 2.36. The third-order valence-corrected chi connectivity index (χ3v) is 9.00. The van der Waals surface area contributed by atoms with Gasteiger partial charge in [0.05, 0.1) is 16.8 Å². The first-order chi connectivity index (χ1) is 24.8. The number of carbonyl (C=O) groups excluding carboxylic acids is 2. The average Bonchev–Trinajstić information content (AvgIpc) is 3.15. The van der Waals surface area contributed by atoms with E-state index in [4.69, 9.17) is 0 Å². The highest BCUT2D eigenvalue weighted by Crippen LogP contribution is 2.33. The van der Waals surface area contributed by atoms with E-state index in [1.165, 1.54) is 35.3 Å². The van der Waals surface area contributed by atoms with Gasteiger partial charge < -0.3 is 9.80 Å². The van der Waals surface area contributed by atoms with Gasteiger partial charge in [0, 0.05) is 43.9 Å². The molecule has 0 fully saturated rings. The Morgan fingerprint density at radius 3 is 2.08 bits per heavy atom. The molecule has 1 atom stereocenters. The molecule has 5 aromatic rings. The van der Waals surface area contributed by atoms with E-state index < -0.39 is 35.4 Å². The van der Waals surface area contributed by atoms with Gasteiger partial charge in [-0.05, 0) is 76.7 Å². The number of carbonyl (C=O) groups is 2. The number of aromatic nitrogens is 1. The second-order valence-corrected chi connectivity index (χ2v) is 12.5. The summed E-state index contributed by atoms with van der Waals surface area (Å²) >= 11 is 0. The quantitative estimate of drug-likeness (QED) is 0.113. The molecule has 0 radical (unpaired) electrons. The number of benzene rings is 4. The molecule has 0 spiro atoms. The molecule has 1 aliphatic heterocycles. The van der Waals surface area contributed by atoms with Crippen molar-refractivity contribution in [3.05, 3.63) is 166 Å². The van der Waals surface area contributed by atoms with Crippen molar-refractivity contribution in [3.8, 4) is 11.3 Å². The lowest BCUT2D eigenvalue weighted by molar-refractivity contribution is -0.144. The Bertz CT molecular complexity index is 2030. The molecule has 2 heterocycles. The smallest absolute Gasteiger partial charge is 0.336 e. The Hall–Kier alpha value is -5.71. The highest BCUT2D eigenvalue weighted by molar-refractivity contribution is 5.96. The molecule has 266 valence electrons. The molecule has 0 saturated carbocycles. The molecule has 0 saturated heterocycles. The summed E-state index contributed by atoms with van der Waals surface area (Å²) in [5, 5.41) is 0. The molecule has 2 amide bonds. The summed E-state index contributed by atoms with van der Waals surface area (Å²) in [5.74, 6) is -0.925. The number of alkyl halides is 6. The van der Waals surface area contributed by atoms with Crippen molar-refractivity contribution in [3.63, 3.8) is 0 Å². The molecular formula is C41H33F6N3O2. The zero-order valence-corrected chi connectivity index (χ0v) is 27.7. The van der Waals surface area contributed by atoms with Gasteiger partial charge in [-0.2, -0.15) is 26.3 Å². The average molecular weight is 714 g/mol. The zero-order chi connectivity index (χ0) is 36.9. The van der Waals surface area contributed by atoms with Crippen LogP contribution in [0.3, 0.4) is 0 Å². The van der Waals surface area contributed by atoms with E-state index in [2.05, 4.69) is 4.98 Å². The van der Waals surface area contributed by atoms with Crippen LogP contribution in [-0.4, -0.2) is 39.2 Å². The maximum absolute atomic E-state index is 14.5. The van der Waals surface area contributed by atoms with E-state index in [0.29, 0.717) is 22.3 Å². The molecular weight excluding hydrogens is 680 g/mol. The number of rotatable bonds is 9. The van der Waals surface area contributed by atoms with E-state index in [-0.39, 0.29) is 38.4 Å². The van der Waals surface area contributed by atoms with Gasteiger partial charge in [0.15, 0.2) is 0 Å². The van der Waals surface area contributed by atoms with Crippen LogP contribution in [0.5, 0.6) is 0 Å². The number of amides is 2. The Kier molecular flexibility index (Phi) is 10.6. The summed E-state index contributed by atoms with van der Waals surface area (Å²) in [6.07, 6.45) is -4.34. The van der Waals surface area contributed by atoms with Crippen molar-refractivity contribution < 1.29 is 35.9 Å². The number of fused-ring (bicyclic) bond motifs is 1. The Labute approximate surface area is 296 Å². The Balaban J connectivity index is 1.34. The van der Waals surface area contributed by atoms with Crippen LogP contribution in [0.1, 0.15) is 38.9 Å². The number of hydrogen-bond acceptors (Lipinski definition) is 3. The normalized spacial score (nSPS) is 13.8. The Morgan fingerprint density at radius 2 is 1.42 bits per heavy atom. The van der Waals surface area contributed by atoms with Gasteiger partial charge in [0.25, 0.3) is 0 Å². The van der Waals surface area contributed by atoms with Crippen LogP contribution in [0.15, 0.2) is 128 Å². The van der Waals surface area contributed by atoms with Crippen LogP contribution in [0.4, 0.5) is 26.3 Å². The fraction of sp³-hybridized carbons (Fsp3) is 0.195. The van der Waals surface area contributed by atoms with Crippen molar-refractivity contribution >= 4 is 17.9 Å². The van der Waals surface area contributed by atoms with E-state index in [9.17, 15) is 35.9 Å². The SMILES string of the molecule is O=C([C@H](Cc1ccccc1)N(Cc1ccc(-c2ccccn2)cc1)C(=O)C=Cc1ccc(C(F)(F)F)cc1)N1CCc2cc(C(F)(F)F)ccc2C1. The lowest BCUT2D eigenvalue weighted by Gasteiger charge is -2.37. The predicted octanol–water partition coefficient (Wildman–Crippen LogP) is 9.02. The monoisotopic (exact) mass is 713 g/mol. The van der Waals surface area contributed by atoms with Crippen LogP contribution in [0, 0.1) is 0 Å². The summed E-state index contributed by atoms with van der Waals surface area (Å²) in [4.78, 5) is 36.1. The molecule has 1 aromatic heterocycles. The molecule has 4 aromatic carbocycles. The van der Waals surface area contributed by atoms with Crippen LogP contribution in [-0.2, 0) is 47.9 Å². The fourth-order valence-electron chi connectivity index (χ4n) is 6.20. The first kappa shape index (κ1) is 36.1. The summed E-state index contributed by atoms with van der Waals surface area (Å²) < 4.78 is 79.7. The highest BCUT2D eigenvalue weighted by atomic mass is 19.4. The standard InChI is InChI=1S/C41H33F6N3O2/c42-40(43,44)34-17-11-28(12-18-34)13-20-38(51)50(26-30-9-14-31(15-10-30)36-8-4-5-22-48-36)37(24-29-6-2-1-3-7-29)39(52)49-23-21-32-25-35(41(45,46)47)19-16-33(32)27-49/h1-20,22,25,37H,21,23-24,26-27H2/t37-/m0/s1. The molecule has 1 aliphatic rings. The second kappa shape index (κ2) is 15.3. The fourth-order valence-corrected chi connectivity index (χ4v) is 6.20. The maximum Gasteiger partial charge on any atom is 0.416 e. The lowest BCUT2D eigenvalue weighted by atomic mass is 9.95. The summed E-state index contributed by atoms with van der Waals surface area (Å²) in [6, 6.07) is 29.0. The lowest BCUT2D eigenvalue weighted by Crippen LogP contribution is -2.52. The van der Waals surface area contributed by atoms with Crippen molar-refractivity contribution in [1.82, 2.24) is 14.8 Å². The topological polar surface area (TPSA) is 53.5 Å². The van der Waals surface area contributed by atoms with Crippen LogP contribution >= 0.6 is 0 Å². The third kappa shape index (κ3) is 8.77. The van der Waals surface area contributed by atoms with Crippen molar-refractivity contribution in [2.24, 2.45) is 0 Å². The van der Waals surface area contributed by atoms with Gasteiger partial charge >= 0.3 is 12.4 Å². The summed E-state index contributed by atoms with van der Waals surface area (Å²) in [5.41, 5.74) is 2.99. The summed E-state index contributed by atoms with van der Waals surface area (Å²) in [6.45, 7) is 0.238. The third-order valence-electron chi connectivity index (χ3n) is 9.00. The molecule has 5 nitrogen and oxygen atoms in total. The minimum atomic E-state index is -4.51. The van der Waals surface area contributed by atoms with Gasteiger partial charge in [-0.1, -0.05) is 78.9 Å². The van der Waals surface area contributed by atoms with Crippen molar-refractivity contribution in [2.75, 3.05) is 6.54 Å². The molecule has 0 bridgehead atoms. The van der Waals surface area contributed by atoms with E-state index in [1.807, 2.05) is 72.8 Å². The van der Waals surface area contributed by atoms with Crippen molar-refractivity contribution in [2.45, 2.75) is 44.3 Å². The number of nitrogens with zero attached hydrogens (tertiary/aromatic N) is 3. The zero-order valence-electron chi connectivity index (χ0n) is 27.7. The molecule has 0 aliphatic carbocycles. The molecule has 11 heteroatoms. The molecule has 0 N–H and O–H groups in total. The number of hydrogen-bond donors (Lipinski definition) is 0. The number of pyridine rings is 1. The van der Waals surface area contributed by atoms with Gasteiger partial charge in [-0.15, -0.1) is 0 Å². The maximum atomic E-state index is 14.5. The van der Waals surface area contributed by atoms with Gasteiger partial charge in [0.1, 0.15) is 6.04 Å². The number of halogens is 6. The minimum absolute atomic E-state index is 0.0152. The second-order valence-electron chi connectivity index (χ2n) is 12.5. The molecule has 0 unspecified atom stereocenters. The van der Waals surface area contributed by atoms with Crippen LogP contribution in [0.2, 0.25) is 0 Å². The van der Waals surface area contributed by atoms with Crippen LogP contribution in [0.25, 0.3) is 17.3 Å².